The van der Waals surface area contributed by atoms with Gasteiger partial charge in [-0.15, -0.1) is 0 Å². The van der Waals surface area contributed by atoms with Crippen LogP contribution in [0.1, 0.15) is 0 Å². The Balaban J connectivity index is 2.66. The SMILES string of the molecule is FC(F)(F)C1=CN=C[N]1. The van der Waals surface area contributed by atoms with Crippen LogP contribution in [0.5, 0.6) is 0 Å². The lowest BCUT2D eigenvalue weighted by atomic mass is 10.5. The summed E-state index contributed by atoms with van der Waals surface area (Å²) in [6, 6.07) is 0. The largest absolute Gasteiger partial charge is 0.434 e. The lowest BCUT2D eigenvalue weighted by Crippen LogP contribution is -2.17. The van der Waals surface area contributed by atoms with Crippen molar-refractivity contribution in [2.45, 2.75) is 6.18 Å². The molecule has 1 heterocycles. The molecule has 0 aromatic rings. The van der Waals surface area contributed by atoms with Crippen molar-refractivity contribution in [1.29, 1.82) is 0 Å². The van der Waals surface area contributed by atoms with Gasteiger partial charge in [0.2, 0.25) is 0 Å². The first-order valence-electron chi connectivity index (χ1n) is 2.10. The van der Waals surface area contributed by atoms with E-state index in [1.54, 1.807) is 0 Å². The zero-order chi connectivity index (χ0) is 6.91. The second-order valence-electron chi connectivity index (χ2n) is 1.41. The van der Waals surface area contributed by atoms with Crippen molar-refractivity contribution in [3.8, 4) is 0 Å². The third kappa shape index (κ3) is 1.22. The maximum Gasteiger partial charge on any atom is 0.434 e. The molecule has 0 fully saturated rings. The van der Waals surface area contributed by atoms with E-state index in [-0.39, 0.29) is 0 Å². The molecule has 0 atom stereocenters. The molecule has 0 amide bonds. The summed E-state index contributed by atoms with van der Waals surface area (Å²) in [6.07, 6.45) is -2.81. The average Bonchev–Trinajstić information content (AvgIpc) is 2.08. The predicted octanol–water partition coefficient (Wildman–Crippen LogP) is 1.04. The third-order valence-corrected chi connectivity index (χ3v) is 0.751. The highest BCUT2D eigenvalue weighted by molar-refractivity contribution is 5.61. The summed E-state index contributed by atoms with van der Waals surface area (Å²) in [7, 11) is 0. The molecule has 9 heavy (non-hydrogen) atoms. The number of aliphatic imine (C=N–C) groups is 1. The molecule has 0 spiro atoms. The van der Waals surface area contributed by atoms with Crippen molar-refractivity contribution < 1.29 is 13.2 Å². The minimum atomic E-state index is -4.35. The summed E-state index contributed by atoms with van der Waals surface area (Å²) in [6.45, 7) is 0. The first kappa shape index (κ1) is 6.12. The maximum absolute atomic E-state index is 11.5. The molecule has 0 N–H and O–H groups in total. The Morgan fingerprint density at radius 2 is 2.00 bits per heavy atom. The van der Waals surface area contributed by atoms with Gasteiger partial charge in [0.15, 0.2) is 5.70 Å². The molecule has 0 aromatic heterocycles. The summed E-state index contributed by atoms with van der Waals surface area (Å²) in [5, 5.41) is 2.95. The molecule has 1 radical (unpaired) electrons. The zero-order valence-electron chi connectivity index (χ0n) is 4.18. The smallest absolute Gasteiger partial charge is 0.243 e. The van der Waals surface area contributed by atoms with Crippen LogP contribution in [0.4, 0.5) is 13.2 Å². The summed E-state index contributed by atoms with van der Waals surface area (Å²) >= 11 is 0. The van der Waals surface area contributed by atoms with Crippen molar-refractivity contribution in [3.05, 3.63) is 11.9 Å². The Morgan fingerprint density at radius 3 is 2.22 bits per heavy atom. The first-order chi connectivity index (χ1) is 4.11. The zero-order valence-corrected chi connectivity index (χ0v) is 4.18. The highest BCUT2D eigenvalue weighted by atomic mass is 19.4. The van der Waals surface area contributed by atoms with Crippen molar-refractivity contribution in [2.75, 3.05) is 0 Å². The van der Waals surface area contributed by atoms with Gasteiger partial charge in [0.25, 0.3) is 0 Å². The van der Waals surface area contributed by atoms with Crippen molar-refractivity contribution in [1.82, 2.24) is 5.32 Å². The second-order valence-corrected chi connectivity index (χ2v) is 1.41. The van der Waals surface area contributed by atoms with Crippen molar-refractivity contribution in [2.24, 2.45) is 4.99 Å². The van der Waals surface area contributed by atoms with Gasteiger partial charge < -0.3 is 0 Å². The highest BCUT2D eigenvalue weighted by Gasteiger charge is 2.35. The predicted molar refractivity (Wildman–Crippen MR) is 24.8 cm³/mol. The van der Waals surface area contributed by atoms with Crippen LogP contribution in [0.15, 0.2) is 16.9 Å². The van der Waals surface area contributed by atoms with Crippen LogP contribution in [0.3, 0.4) is 0 Å². The third-order valence-electron chi connectivity index (χ3n) is 0.751. The summed E-state index contributed by atoms with van der Waals surface area (Å²) in [5.41, 5.74) is -0.942. The molecule has 0 saturated heterocycles. The topological polar surface area (TPSA) is 26.5 Å². The number of hydrogen-bond donors (Lipinski definition) is 0. The van der Waals surface area contributed by atoms with Crippen molar-refractivity contribution >= 4 is 6.34 Å². The molecule has 0 saturated carbocycles. The number of halogens is 3. The molecule has 1 aliphatic heterocycles. The average molecular weight is 135 g/mol. The Bertz CT molecular complexity index is 167. The molecule has 1 rings (SSSR count). The molecule has 2 nitrogen and oxygen atoms in total. The summed E-state index contributed by atoms with van der Waals surface area (Å²) < 4.78 is 34.6. The van der Waals surface area contributed by atoms with Gasteiger partial charge in [-0.25, -0.2) is 10.3 Å². The van der Waals surface area contributed by atoms with Gasteiger partial charge in [0, 0.05) is 0 Å². The van der Waals surface area contributed by atoms with Crippen LogP contribution in [0.2, 0.25) is 0 Å². The Labute approximate surface area is 49.1 Å². The number of allylic oxidation sites excluding steroid dienone is 1. The summed E-state index contributed by atoms with van der Waals surface area (Å²) in [5.74, 6) is 0. The van der Waals surface area contributed by atoms with Gasteiger partial charge >= 0.3 is 6.18 Å². The number of nitrogens with zero attached hydrogens (tertiary/aromatic N) is 2. The summed E-state index contributed by atoms with van der Waals surface area (Å²) in [4.78, 5) is 3.16. The molecule has 1 aliphatic rings. The van der Waals surface area contributed by atoms with Crippen LogP contribution < -0.4 is 5.32 Å². The van der Waals surface area contributed by atoms with Gasteiger partial charge in [-0.1, -0.05) is 0 Å². The van der Waals surface area contributed by atoms with Crippen LogP contribution in [0, 0.1) is 0 Å². The molecule has 5 heteroatoms. The van der Waals surface area contributed by atoms with E-state index in [1.165, 1.54) is 0 Å². The van der Waals surface area contributed by atoms with Gasteiger partial charge in [-0.3, -0.25) is 0 Å². The van der Waals surface area contributed by atoms with E-state index in [0.717, 1.165) is 6.34 Å². The number of alkyl halides is 3. The van der Waals surface area contributed by atoms with Gasteiger partial charge in [-0.2, -0.15) is 13.2 Å². The Hall–Kier alpha value is -1.00. The van der Waals surface area contributed by atoms with Crippen molar-refractivity contribution in [3.63, 3.8) is 0 Å². The first-order valence-corrected chi connectivity index (χ1v) is 2.10. The second kappa shape index (κ2) is 1.75. The normalized spacial score (nSPS) is 17.4. The number of rotatable bonds is 0. The molecular formula is C4H2F3N2. The maximum atomic E-state index is 11.5. The Kier molecular flexibility index (Phi) is 1.19. The molecule has 0 aromatic carbocycles. The fraction of sp³-hybridized carbons (Fsp3) is 0.250. The minimum Gasteiger partial charge on any atom is -0.243 e. The van der Waals surface area contributed by atoms with Crippen LogP contribution in [0.25, 0.3) is 0 Å². The molecule has 49 valence electrons. The van der Waals surface area contributed by atoms with Gasteiger partial charge in [0.1, 0.15) is 6.34 Å². The van der Waals surface area contributed by atoms with E-state index in [4.69, 9.17) is 0 Å². The lowest BCUT2D eigenvalue weighted by Gasteiger charge is -2.02. The van der Waals surface area contributed by atoms with Crippen LogP contribution >= 0.6 is 0 Å². The van der Waals surface area contributed by atoms with Crippen LogP contribution in [-0.2, 0) is 0 Å². The van der Waals surface area contributed by atoms with Gasteiger partial charge in [0.05, 0.1) is 6.20 Å². The molecule has 0 unspecified atom stereocenters. The lowest BCUT2D eigenvalue weighted by molar-refractivity contribution is -0.0947. The minimum absolute atomic E-state index is 0.681. The monoisotopic (exact) mass is 135 g/mol. The van der Waals surface area contributed by atoms with E-state index in [0.29, 0.717) is 6.20 Å². The van der Waals surface area contributed by atoms with E-state index in [1.807, 2.05) is 0 Å². The van der Waals surface area contributed by atoms with Gasteiger partial charge in [-0.05, 0) is 0 Å². The van der Waals surface area contributed by atoms with E-state index in [9.17, 15) is 13.2 Å². The Morgan fingerprint density at radius 1 is 1.33 bits per heavy atom. The standard InChI is InChI=1S/C4H2F3N2/c5-4(6,7)3-1-8-2-9-3/h1-2H. The fourth-order valence-corrected chi connectivity index (χ4v) is 0.379. The molecular weight excluding hydrogens is 133 g/mol. The fourth-order valence-electron chi connectivity index (χ4n) is 0.379. The van der Waals surface area contributed by atoms with E-state index in [2.05, 4.69) is 10.3 Å². The number of hydrogen-bond acceptors (Lipinski definition) is 1. The molecule has 0 bridgehead atoms. The van der Waals surface area contributed by atoms with E-state index >= 15 is 0 Å². The highest BCUT2D eigenvalue weighted by Crippen LogP contribution is 2.24. The van der Waals surface area contributed by atoms with E-state index < -0.39 is 11.9 Å². The quantitative estimate of drug-likeness (QED) is 0.474. The van der Waals surface area contributed by atoms with Crippen LogP contribution in [-0.4, -0.2) is 12.5 Å². The molecule has 0 aliphatic carbocycles.